The first kappa shape index (κ1) is 19.2. The number of amides is 1. The molecule has 2 aromatic carbocycles. The topological polar surface area (TPSA) is 42.0 Å². The Morgan fingerprint density at radius 2 is 1.66 bits per heavy atom. The fourth-order valence-electron chi connectivity index (χ4n) is 3.54. The molecule has 0 aliphatic heterocycles. The predicted molar refractivity (Wildman–Crippen MR) is 103 cm³/mol. The Morgan fingerprint density at radius 1 is 0.966 bits per heavy atom. The summed E-state index contributed by atoms with van der Waals surface area (Å²) < 4.78 is 38.2. The first-order valence-electron chi connectivity index (χ1n) is 9.37. The number of aromatic nitrogens is 1. The van der Waals surface area contributed by atoms with Crippen LogP contribution in [0.1, 0.15) is 40.8 Å². The van der Waals surface area contributed by atoms with Gasteiger partial charge in [-0.25, -0.2) is 0 Å². The molecule has 0 radical (unpaired) electrons. The number of hydrogen-bond acceptors (Lipinski definition) is 2. The summed E-state index contributed by atoms with van der Waals surface area (Å²) in [5, 5.41) is 3.07. The number of benzene rings is 2. The smallest absolute Gasteiger partial charge is 0.343 e. The number of carbonyl (C=O) groups excluding carboxylic acids is 1. The first-order valence-corrected chi connectivity index (χ1v) is 9.37. The summed E-state index contributed by atoms with van der Waals surface area (Å²) in [6, 6.07) is 19.8. The van der Waals surface area contributed by atoms with Gasteiger partial charge in [0, 0.05) is 12.1 Å². The molecule has 1 aromatic heterocycles. The van der Waals surface area contributed by atoms with Crippen molar-refractivity contribution in [3.05, 3.63) is 101 Å². The molecule has 29 heavy (non-hydrogen) atoms. The summed E-state index contributed by atoms with van der Waals surface area (Å²) in [4.78, 5) is 17.2. The molecule has 4 rings (SSSR count). The summed E-state index contributed by atoms with van der Waals surface area (Å²) in [7, 11) is 0. The number of pyridine rings is 1. The van der Waals surface area contributed by atoms with E-state index in [9.17, 15) is 18.0 Å². The third-order valence-electron chi connectivity index (χ3n) is 5.20. The lowest BCUT2D eigenvalue weighted by atomic mass is 10.0. The van der Waals surface area contributed by atoms with Crippen molar-refractivity contribution in [1.29, 1.82) is 0 Å². The van der Waals surface area contributed by atoms with Gasteiger partial charge in [0.2, 0.25) is 5.91 Å². The van der Waals surface area contributed by atoms with E-state index in [1.54, 1.807) is 6.20 Å². The molecule has 0 bridgehead atoms. The zero-order valence-electron chi connectivity index (χ0n) is 15.4. The van der Waals surface area contributed by atoms with Crippen LogP contribution in [0.3, 0.4) is 0 Å². The van der Waals surface area contributed by atoms with E-state index in [1.807, 2.05) is 48.5 Å². The van der Waals surface area contributed by atoms with Gasteiger partial charge in [0.05, 0.1) is 17.3 Å². The number of halogens is 3. The Kier molecular flexibility index (Phi) is 5.09. The highest BCUT2D eigenvalue weighted by atomic mass is 19.4. The molecular formula is C23H19F3N2O. The highest BCUT2D eigenvalue weighted by Gasteiger charge is 2.45. The minimum atomic E-state index is -4.36. The van der Waals surface area contributed by atoms with E-state index < -0.39 is 11.7 Å². The van der Waals surface area contributed by atoms with Crippen molar-refractivity contribution in [1.82, 2.24) is 10.3 Å². The standard InChI is InChI=1S/C23H19F3N2O/c24-23(25,26)17-11-9-15(10-12-17)18-14-19(18)22(29)28-21(16-6-2-1-3-7-16)20-8-4-5-13-27-20/h1-13,18-19,21H,14H2,(H,28,29). The average molecular weight is 396 g/mol. The molecule has 3 nitrogen and oxygen atoms in total. The largest absolute Gasteiger partial charge is 0.416 e. The van der Waals surface area contributed by atoms with Gasteiger partial charge in [0.1, 0.15) is 0 Å². The van der Waals surface area contributed by atoms with E-state index in [-0.39, 0.29) is 23.8 Å². The van der Waals surface area contributed by atoms with Crippen LogP contribution in [0.25, 0.3) is 0 Å². The molecular weight excluding hydrogens is 377 g/mol. The van der Waals surface area contributed by atoms with Crippen LogP contribution in [-0.4, -0.2) is 10.9 Å². The van der Waals surface area contributed by atoms with Gasteiger partial charge in [0.15, 0.2) is 0 Å². The van der Waals surface area contributed by atoms with Crippen LogP contribution in [0.5, 0.6) is 0 Å². The molecule has 1 aliphatic carbocycles. The van der Waals surface area contributed by atoms with Gasteiger partial charge in [-0.1, -0.05) is 48.5 Å². The lowest BCUT2D eigenvalue weighted by Gasteiger charge is -2.19. The van der Waals surface area contributed by atoms with Crippen molar-refractivity contribution in [2.75, 3.05) is 0 Å². The number of nitrogens with zero attached hydrogens (tertiary/aromatic N) is 1. The second kappa shape index (κ2) is 7.70. The van der Waals surface area contributed by atoms with Gasteiger partial charge in [-0.15, -0.1) is 0 Å². The fourth-order valence-corrected chi connectivity index (χ4v) is 3.54. The van der Waals surface area contributed by atoms with Crippen LogP contribution in [0, 0.1) is 5.92 Å². The summed E-state index contributed by atoms with van der Waals surface area (Å²) >= 11 is 0. The predicted octanol–water partition coefficient (Wildman–Crippen LogP) is 5.11. The van der Waals surface area contributed by atoms with E-state index in [0.717, 1.165) is 29.0 Å². The van der Waals surface area contributed by atoms with E-state index >= 15 is 0 Å². The Hall–Kier alpha value is -3.15. The summed E-state index contributed by atoms with van der Waals surface area (Å²) in [6.45, 7) is 0. The second-order valence-electron chi connectivity index (χ2n) is 7.18. The van der Waals surface area contributed by atoms with Crippen LogP contribution in [-0.2, 0) is 11.0 Å². The van der Waals surface area contributed by atoms with Gasteiger partial charge >= 0.3 is 6.18 Å². The highest BCUT2D eigenvalue weighted by molar-refractivity contribution is 5.83. The monoisotopic (exact) mass is 396 g/mol. The summed E-state index contributed by atoms with van der Waals surface area (Å²) in [6.07, 6.45) is -2.05. The van der Waals surface area contributed by atoms with E-state index in [2.05, 4.69) is 10.3 Å². The van der Waals surface area contributed by atoms with E-state index in [0.29, 0.717) is 6.42 Å². The van der Waals surface area contributed by atoms with Gasteiger partial charge in [-0.05, 0) is 47.7 Å². The molecule has 1 N–H and O–H groups in total. The average Bonchev–Trinajstić information content (AvgIpc) is 3.54. The molecule has 3 atom stereocenters. The number of alkyl halides is 3. The molecule has 3 unspecified atom stereocenters. The number of hydrogen-bond donors (Lipinski definition) is 1. The van der Waals surface area contributed by atoms with E-state index in [4.69, 9.17) is 0 Å². The van der Waals surface area contributed by atoms with Crippen LogP contribution >= 0.6 is 0 Å². The summed E-state index contributed by atoms with van der Waals surface area (Å²) in [5.41, 5.74) is 1.74. The normalized spacial score (nSPS) is 19.4. The molecule has 0 spiro atoms. The Balaban J connectivity index is 1.48. The molecule has 1 fully saturated rings. The first-order chi connectivity index (χ1) is 13.9. The molecule has 0 saturated heterocycles. The Bertz CT molecular complexity index is 933. The maximum Gasteiger partial charge on any atom is 0.416 e. The molecule has 1 saturated carbocycles. The van der Waals surface area contributed by atoms with Crippen molar-refractivity contribution in [2.45, 2.75) is 24.6 Å². The zero-order valence-corrected chi connectivity index (χ0v) is 15.4. The van der Waals surface area contributed by atoms with Gasteiger partial charge in [-0.3, -0.25) is 9.78 Å². The van der Waals surface area contributed by atoms with Crippen molar-refractivity contribution < 1.29 is 18.0 Å². The van der Waals surface area contributed by atoms with Crippen LogP contribution in [0.15, 0.2) is 79.0 Å². The quantitative estimate of drug-likeness (QED) is 0.651. The Labute approximate surface area is 166 Å². The lowest BCUT2D eigenvalue weighted by molar-refractivity contribution is -0.137. The van der Waals surface area contributed by atoms with Crippen LogP contribution in [0.4, 0.5) is 13.2 Å². The highest BCUT2D eigenvalue weighted by Crippen LogP contribution is 2.48. The van der Waals surface area contributed by atoms with Crippen molar-refractivity contribution in [3.8, 4) is 0 Å². The van der Waals surface area contributed by atoms with Gasteiger partial charge in [-0.2, -0.15) is 13.2 Å². The van der Waals surface area contributed by atoms with E-state index in [1.165, 1.54) is 12.1 Å². The minimum absolute atomic E-state index is 0.0579. The number of rotatable bonds is 5. The molecule has 1 heterocycles. The maximum absolute atomic E-state index is 12.9. The molecule has 1 amide bonds. The molecule has 1 aliphatic rings. The lowest BCUT2D eigenvalue weighted by Crippen LogP contribution is -2.31. The fraction of sp³-hybridized carbons (Fsp3) is 0.217. The SMILES string of the molecule is O=C(NC(c1ccccc1)c1ccccn1)C1CC1c1ccc(C(F)(F)F)cc1. The molecule has 6 heteroatoms. The zero-order chi connectivity index (χ0) is 20.4. The Morgan fingerprint density at radius 3 is 2.28 bits per heavy atom. The number of nitrogens with one attached hydrogen (secondary N) is 1. The number of carbonyl (C=O) groups is 1. The van der Waals surface area contributed by atoms with Crippen molar-refractivity contribution in [3.63, 3.8) is 0 Å². The second-order valence-corrected chi connectivity index (χ2v) is 7.18. The third kappa shape index (κ3) is 4.31. The summed E-state index contributed by atoms with van der Waals surface area (Å²) in [5.74, 6) is -0.423. The van der Waals surface area contributed by atoms with Gasteiger partial charge < -0.3 is 5.32 Å². The van der Waals surface area contributed by atoms with Crippen LogP contribution < -0.4 is 5.32 Å². The van der Waals surface area contributed by atoms with Crippen molar-refractivity contribution >= 4 is 5.91 Å². The molecule has 148 valence electrons. The van der Waals surface area contributed by atoms with Crippen LogP contribution in [0.2, 0.25) is 0 Å². The van der Waals surface area contributed by atoms with Gasteiger partial charge in [0.25, 0.3) is 0 Å². The molecule has 3 aromatic rings. The van der Waals surface area contributed by atoms with Crippen molar-refractivity contribution in [2.24, 2.45) is 5.92 Å². The third-order valence-corrected chi connectivity index (χ3v) is 5.20. The minimum Gasteiger partial charge on any atom is -0.343 e. The maximum atomic E-state index is 12.9.